The fraction of sp³-hybridized carbons (Fsp3) is 0.417. The molecule has 1 N–H and O–H groups in total. The number of likely N-dealkylation sites (tertiary alicyclic amines) is 1. The molecule has 0 aliphatic carbocycles. The van der Waals surface area contributed by atoms with Crippen molar-refractivity contribution in [2.24, 2.45) is 11.8 Å². The third-order valence-corrected chi connectivity index (χ3v) is 5.54. The molecule has 3 rings (SSSR count). The van der Waals surface area contributed by atoms with E-state index in [-0.39, 0.29) is 23.5 Å². The molecule has 1 aliphatic rings. The molecule has 2 atom stereocenters. The van der Waals surface area contributed by atoms with Crippen LogP contribution in [0.2, 0.25) is 0 Å². The second-order valence-electron chi connectivity index (χ2n) is 8.32. The van der Waals surface area contributed by atoms with Crippen LogP contribution < -0.4 is 5.32 Å². The first-order valence-electron chi connectivity index (χ1n) is 10.2. The zero-order valence-electron chi connectivity index (χ0n) is 17.3. The Labute approximate surface area is 172 Å². The van der Waals surface area contributed by atoms with Crippen LogP contribution in [0.4, 0.5) is 4.39 Å². The Kier molecular flexibility index (Phi) is 6.68. The van der Waals surface area contributed by atoms with Gasteiger partial charge in [0.05, 0.1) is 5.92 Å². The molecule has 1 fully saturated rings. The number of nitrogens with one attached hydrogen (secondary N) is 1. The predicted molar refractivity (Wildman–Crippen MR) is 112 cm³/mol. The lowest BCUT2D eigenvalue weighted by Gasteiger charge is -2.18. The van der Waals surface area contributed by atoms with Crippen LogP contribution >= 0.6 is 0 Å². The lowest BCUT2D eigenvalue weighted by molar-refractivity contribution is -0.124. The van der Waals surface area contributed by atoms with E-state index in [9.17, 15) is 14.0 Å². The average molecular weight is 397 g/mol. The van der Waals surface area contributed by atoms with Gasteiger partial charge in [-0.1, -0.05) is 43.7 Å². The Morgan fingerprint density at radius 1 is 1.14 bits per heavy atom. The average Bonchev–Trinajstić information content (AvgIpc) is 3.13. The first-order chi connectivity index (χ1) is 13.8. The summed E-state index contributed by atoms with van der Waals surface area (Å²) >= 11 is 0. The number of aryl methyl sites for hydroxylation is 1. The second kappa shape index (κ2) is 9.21. The molecule has 5 heteroatoms. The van der Waals surface area contributed by atoms with Gasteiger partial charge in [-0.3, -0.25) is 9.59 Å². The summed E-state index contributed by atoms with van der Waals surface area (Å²) in [7, 11) is 0. The van der Waals surface area contributed by atoms with Gasteiger partial charge in [-0.15, -0.1) is 0 Å². The monoisotopic (exact) mass is 396 g/mol. The molecule has 1 aliphatic heterocycles. The number of hydrogen-bond donors (Lipinski definition) is 1. The van der Waals surface area contributed by atoms with Gasteiger partial charge in [0.15, 0.2) is 0 Å². The summed E-state index contributed by atoms with van der Waals surface area (Å²) in [5.74, 6) is -0.609. The van der Waals surface area contributed by atoms with Gasteiger partial charge in [-0.25, -0.2) is 4.39 Å². The third-order valence-electron chi connectivity index (χ3n) is 5.54. The Balaban J connectivity index is 1.80. The van der Waals surface area contributed by atoms with Crippen molar-refractivity contribution in [2.75, 3.05) is 19.6 Å². The normalized spacial score (nSPS) is 18.9. The van der Waals surface area contributed by atoms with E-state index in [4.69, 9.17) is 0 Å². The highest BCUT2D eigenvalue weighted by Crippen LogP contribution is 2.34. The number of hydrogen-bond acceptors (Lipinski definition) is 2. The maximum absolute atomic E-state index is 13.8. The molecule has 0 spiro atoms. The van der Waals surface area contributed by atoms with E-state index in [1.54, 1.807) is 11.0 Å². The number of carbonyl (C=O) groups excluding carboxylic acids is 2. The largest absolute Gasteiger partial charge is 0.356 e. The second-order valence-corrected chi connectivity index (χ2v) is 8.32. The SMILES string of the molecule is Cc1ccc(C(=O)N2C[C@H](c3cccc(F)c3)[C@H](C(=O)NCCC(C)C)C2)cc1. The van der Waals surface area contributed by atoms with Crippen molar-refractivity contribution in [3.8, 4) is 0 Å². The van der Waals surface area contributed by atoms with Crippen LogP contribution in [0.1, 0.15) is 47.7 Å². The van der Waals surface area contributed by atoms with Crippen molar-refractivity contribution in [1.82, 2.24) is 10.2 Å². The molecule has 0 radical (unpaired) electrons. The molecular formula is C24H29FN2O2. The Bertz CT molecular complexity index is 863. The number of benzene rings is 2. The minimum absolute atomic E-state index is 0.0703. The molecule has 1 heterocycles. The van der Waals surface area contributed by atoms with Crippen molar-refractivity contribution < 1.29 is 14.0 Å². The fourth-order valence-electron chi connectivity index (χ4n) is 3.80. The lowest BCUT2D eigenvalue weighted by Crippen LogP contribution is -2.36. The molecule has 1 saturated heterocycles. The summed E-state index contributed by atoms with van der Waals surface area (Å²) in [6.07, 6.45) is 0.898. The van der Waals surface area contributed by atoms with Crippen molar-refractivity contribution in [3.05, 3.63) is 71.0 Å². The van der Waals surface area contributed by atoms with Gasteiger partial charge in [0.2, 0.25) is 5.91 Å². The van der Waals surface area contributed by atoms with Gasteiger partial charge in [-0.05, 0) is 49.1 Å². The molecule has 0 unspecified atom stereocenters. The maximum atomic E-state index is 13.8. The molecule has 0 bridgehead atoms. The summed E-state index contributed by atoms with van der Waals surface area (Å²) < 4.78 is 13.8. The molecule has 4 nitrogen and oxygen atoms in total. The quantitative estimate of drug-likeness (QED) is 0.797. The number of amides is 2. The van der Waals surface area contributed by atoms with Crippen LogP contribution in [0.25, 0.3) is 0 Å². The van der Waals surface area contributed by atoms with E-state index in [0.717, 1.165) is 17.5 Å². The fourth-order valence-corrected chi connectivity index (χ4v) is 3.80. The van der Waals surface area contributed by atoms with Crippen molar-refractivity contribution in [3.63, 3.8) is 0 Å². The molecule has 29 heavy (non-hydrogen) atoms. The number of carbonyl (C=O) groups is 2. The summed E-state index contributed by atoms with van der Waals surface area (Å²) in [4.78, 5) is 27.6. The Morgan fingerprint density at radius 2 is 1.86 bits per heavy atom. The standard InChI is InChI=1S/C24H29FN2O2/c1-16(2)11-12-26-23(28)22-15-27(24(29)18-9-7-17(3)8-10-18)14-21(22)19-5-4-6-20(25)13-19/h4-10,13,16,21-22H,11-12,14-15H2,1-3H3,(H,26,28)/t21-,22-/m1/s1. The molecule has 0 aromatic heterocycles. The molecule has 0 saturated carbocycles. The maximum Gasteiger partial charge on any atom is 0.253 e. The van der Waals surface area contributed by atoms with Crippen LogP contribution in [-0.4, -0.2) is 36.3 Å². The van der Waals surface area contributed by atoms with Gasteiger partial charge in [0, 0.05) is 31.1 Å². The minimum atomic E-state index is -0.390. The van der Waals surface area contributed by atoms with Crippen LogP contribution in [0, 0.1) is 24.6 Å². The summed E-state index contributed by atoms with van der Waals surface area (Å²) in [6, 6.07) is 13.8. The van der Waals surface area contributed by atoms with Gasteiger partial charge >= 0.3 is 0 Å². The minimum Gasteiger partial charge on any atom is -0.356 e. The zero-order valence-corrected chi connectivity index (χ0v) is 17.3. The van der Waals surface area contributed by atoms with Crippen molar-refractivity contribution in [2.45, 2.75) is 33.1 Å². The zero-order chi connectivity index (χ0) is 21.0. The van der Waals surface area contributed by atoms with E-state index < -0.39 is 5.92 Å². The number of nitrogens with zero attached hydrogens (tertiary/aromatic N) is 1. The molecule has 2 amide bonds. The molecular weight excluding hydrogens is 367 g/mol. The van der Waals surface area contributed by atoms with E-state index in [1.165, 1.54) is 12.1 Å². The predicted octanol–water partition coefficient (Wildman–Crippen LogP) is 4.15. The third kappa shape index (κ3) is 5.22. The topological polar surface area (TPSA) is 49.4 Å². The van der Waals surface area contributed by atoms with E-state index in [1.807, 2.05) is 37.3 Å². The van der Waals surface area contributed by atoms with Crippen LogP contribution in [0.5, 0.6) is 0 Å². The Morgan fingerprint density at radius 3 is 2.52 bits per heavy atom. The van der Waals surface area contributed by atoms with Gasteiger partial charge in [0.1, 0.15) is 5.82 Å². The van der Waals surface area contributed by atoms with Gasteiger partial charge in [0.25, 0.3) is 5.91 Å². The van der Waals surface area contributed by atoms with Crippen LogP contribution in [0.3, 0.4) is 0 Å². The summed E-state index contributed by atoms with van der Waals surface area (Å²) in [6.45, 7) is 7.54. The van der Waals surface area contributed by atoms with Crippen LogP contribution in [0.15, 0.2) is 48.5 Å². The molecule has 2 aromatic rings. The highest BCUT2D eigenvalue weighted by atomic mass is 19.1. The molecule has 154 valence electrons. The first kappa shape index (κ1) is 21.0. The number of rotatable bonds is 6. The van der Waals surface area contributed by atoms with Crippen molar-refractivity contribution in [1.29, 1.82) is 0 Å². The van der Waals surface area contributed by atoms with E-state index >= 15 is 0 Å². The molecule has 2 aromatic carbocycles. The summed E-state index contributed by atoms with van der Waals surface area (Å²) in [5.41, 5.74) is 2.45. The van der Waals surface area contributed by atoms with Crippen molar-refractivity contribution >= 4 is 11.8 Å². The smallest absolute Gasteiger partial charge is 0.253 e. The van der Waals surface area contributed by atoms with Crippen LogP contribution in [-0.2, 0) is 4.79 Å². The summed E-state index contributed by atoms with van der Waals surface area (Å²) in [5, 5.41) is 3.01. The van der Waals surface area contributed by atoms with Gasteiger partial charge in [-0.2, -0.15) is 0 Å². The first-order valence-corrected chi connectivity index (χ1v) is 10.2. The highest BCUT2D eigenvalue weighted by Gasteiger charge is 2.40. The van der Waals surface area contributed by atoms with E-state index in [0.29, 0.717) is 31.1 Å². The Hall–Kier alpha value is -2.69. The van der Waals surface area contributed by atoms with E-state index in [2.05, 4.69) is 19.2 Å². The lowest BCUT2D eigenvalue weighted by atomic mass is 9.88. The number of halogens is 1. The van der Waals surface area contributed by atoms with Gasteiger partial charge < -0.3 is 10.2 Å². The highest BCUT2D eigenvalue weighted by molar-refractivity contribution is 5.95.